The van der Waals surface area contributed by atoms with Crippen molar-refractivity contribution >= 4 is 10.1 Å². The Morgan fingerprint density at radius 1 is 1.42 bits per heavy atom. The van der Waals surface area contributed by atoms with Crippen LogP contribution in [-0.4, -0.2) is 44.7 Å². The molecule has 0 amide bonds. The van der Waals surface area contributed by atoms with Crippen LogP contribution in [-0.2, 0) is 14.9 Å². The van der Waals surface area contributed by atoms with Crippen LogP contribution in [0.4, 0.5) is 0 Å². The van der Waals surface area contributed by atoms with Gasteiger partial charge in [0.05, 0.1) is 6.26 Å². The molecule has 72 valence electrons. The molecule has 0 bridgehead atoms. The molecule has 2 N–H and O–H groups in total. The summed E-state index contributed by atoms with van der Waals surface area (Å²) in [4.78, 5) is 0. The molecule has 0 heterocycles. The molecule has 0 aromatic heterocycles. The Hall–Kier alpha value is -0.610. The van der Waals surface area contributed by atoms with Crippen molar-refractivity contribution in [1.29, 1.82) is 0 Å². The molecule has 0 fully saturated rings. The maximum atomic E-state index is 9.19. The summed E-state index contributed by atoms with van der Waals surface area (Å²) in [6.07, 6.45) is 0.715. The number of aliphatic hydroxyl groups excluding tert-OH is 1. The molecule has 0 aliphatic rings. The minimum atomic E-state index is -3.67. The Bertz CT molecular complexity index is 224. The van der Waals surface area contributed by atoms with E-state index in [0.29, 0.717) is 12.9 Å². The van der Waals surface area contributed by atoms with Crippen LogP contribution in [0.1, 0.15) is 0 Å². The van der Waals surface area contributed by atoms with Gasteiger partial charge in [0.25, 0.3) is 10.1 Å². The first-order valence-corrected chi connectivity index (χ1v) is 4.74. The molecular weight excluding hydrogens is 184 g/mol. The highest BCUT2D eigenvalue weighted by atomic mass is 32.2. The highest BCUT2D eigenvalue weighted by Gasteiger charge is 1.81. The van der Waals surface area contributed by atoms with Gasteiger partial charge >= 0.3 is 0 Å². The first-order chi connectivity index (χ1) is 5.41. The van der Waals surface area contributed by atoms with E-state index < -0.39 is 10.1 Å². The standard InChI is InChI=1S/C5H8O2.CH4O3S/c1-7-5-3-2-4-6;1-5(2,3)4/h6H,4-5H2,1H3;1H3,(H,2,3,4). The summed E-state index contributed by atoms with van der Waals surface area (Å²) in [6.45, 7) is 0.323. The summed E-state index contributed by atoms with van der Waals surface area (Å²) >= 11 is 0. The molecule has 0 rings (SSSR count). The molecule has 0 unspecified atom stereocenters. The number of hydrogen-bond acceptors (Lipinski definition) is 4. The van der Waals surface area contributed by atoms with Crippen LogP contribution in [0.15, 0.2) is 0 Å². The van der Waals surface area contributed by atoms with Crippen molar-refractivity contribution in [3.05, 3.63) is 0 Å². The van der Waals surface area contributed by atoms with E-state index in [0.717, 1.165) is 0 Å². The van der Waals surface area contributed by atoms with Crippen LogP contribution in [0, 0.1) is 11.8 Å². The Morgan fingerprint density at radius 3 is 2.08 bits per heavy atom. The fourth-order valence-electron chi connectivity index (χ4n) is 0.179. The number of aliphatic hydroxyl groups is 1. The van der Waals surface area contributed by atoms with Crippen molar-refractivity contribution in [3.8, 4) is 11.8 Å². The van der Waals surface area contributed by atoms with E-state index >= 15 is 0 Å². The Balaban J connectivity index is 0. The molecule has 0 saturated heterocycles. The zero-order chi connectivity index (χ0) is 10.0. The molecule has 0 aromatic carbocycles. The first kappa shape index (κ1) is 13.9. The second-order valence-corrected chi connectivity index (χ2v) is 3.14. The van der Waals surface area contributed by atoms with Crippen LogP contribution >= 0.6 is 0 Å². The van der Waals surface area contributed by atoms with Crippen molar-refractivity contribution in [2.75, 3.05) is 26.6 Å². The summed E-state index contributed by atoms with van der Waals surface area (Å²) in [5, 5.41) is 8.06. The van der Waals surface area contributed by atoms with Gasteiger partial charge in [-0.3, -0.25) is 4.55 Å². The second kappa shape index (κ2) is 8.49. The molecule has 12 heavy (non-hydrogen) atoms. The third-order valence-corrected chi connectivity index (χ3v) is 0.421. The van der Waals surface area contributed by atoms with Crippen LogP contribution in [0.3, 0.4) is 0 Å². The van der Waals surface area contributed by atoms with E-state index in [4.69, 9.17) is 9.66 Å². The average molecular weight is 196 g/mol. The molecule has 5 nitrogen and oxygen atoms in total. The SMILES string of the molecule is COCC#CCO.CS(=O)(=O)O. The smallest absolute Gasteiger partial charge is 0.261 e. The van der Waals surface area contributed by atoms with Crippen molar-refractivity contribution < 1.29 is 22.8 Å². The normalized spacial score (nSPS) is 9.00. The fourth-order valence-corrected chi connectivity index (χ4v) is 0.179. The molecule has 6 heteroatoms. The summed E-state index contributed by atoms with van der Waals surface area (Å²) in [5.74, 6) is 4.99. The number of methoxy groups -OCH3 is 1. The maximum Gasteiger partial charge on any atom is 0.261 e. The number of rotatable bonds is 1. The van der Waals surface area contributed by atoms with E-state index in [1.165, 1.54) is 0 Å². The van der Waals surface area contributed by atoms with Crippen molar-refractivity contribution in [3.63, 3.8) is 0 Å². The lowest BCUT2D eigenvalue weighted by Gasteiger charge is -1.79. The van der Waals surface area contributed by atoms with Crippen LogP contribution in [0.25, 0.3) is 0 Å². The Morgan fingerprint density at radius 2 is 1.83 bits per heavy atom. The van der Waals surface area contributed by atoms with Gasteiger partial charge < -0.3 is 9.84 Å². The third kappa shape index (κ3) is 57.5. The monoisotopic (exact) mass is 196 g/mol. The Kier molecular flexibility index (Phi) is 9.86. The van der Waals surface area contributed by atoms with Crippen LogP contribution in [0.5, 0.6) is 0 Å². The summed E-state index contributed by atoms with van der Waals surface area (Å²) < 4.78 is 30.4. The second-order valence-electron chi connectivity index (χ2n) is 1.68. The predicted molar refractivity (Wildman–Crippen MR) is 44.2 cm³/mol. The first-order valence-electron chi connectivity index (χ1n) is 2.89. The van der Waals surface area contributed by atoms with Gasteiger partial charge in [0, 0.05) is 7.11 Å². The highest BCUT2D eigenvalue weighted by Crippen LogP contribution is 1.60. The van der Waals surface area contributed by atoms with Gasteiger partial charge in [-0.2, -0.15) is 8.42 Å². The quantitative estimate of drug-likeness (QED) is 0.421. The van der Waals surface area contributed by atoms with E-state index in [2.05, 4.69) is 16.6 Å². The maximum absolute atomic E-state index is 9.19. The van der Waals surface area contributed by atoms with Crippen LogP contribution in [0.2, 0.25) is 0 Å². The van der Waals surface area contributed by atoms with Gasteiger partial charge in [-0.1, -0.05) is 11.8 Å². The van der Waals surface area contributed by atoms with E-state index in [1.54, 1.807) is 7.11 Å². The molecule has 0 atom stereocenters. The number of hydrogen-bond donors (Lipinski definition) is 2. The van der Waals surface area contributed by atoms with Crippen LogP contribution < -0.4 is 0 Å². The minimum Gasteiger partial charge on any atom is -0.384 e. The highest BCUT2D eigenvalue weighted by molar-refractivity contribution is 7.85. The number of ether oxygens (including phenoxy) is 1. The van der Waals surface area contributed by atoms with Gasteiger partial charge in [-0.15, -0.1) is 0 Å². The Labute approximate surface area is 72.1 Å². The van der Waals surface area contributed by atoms with Crippen molar-refractivity contribution in [2.45, 2.75) is 0 Å². The zero-order valence-corrected chi connectivity index (χ0v) is 7.76. The van der Waals surface area contributed by atoms with Crippen molar-refractivity contribution in [1.82, 2.24) is 0 Å². The zero-order valence-electron chi connectivity index (χ0n) is 6.94. The lowest BCUT2D eigenvalue weighted by atomic mass is 10.6. The lowest BCUT2D eigenvalue weighted by Crippen LogP contribution is -1.88. The van der Waals surface area contributed by atoms with Gasteiger partial charge in [-0.25, -0.2) is 0 Å². The molecule has 0 aliphatic carbocycles. The molecule has 0 radical (unpaired) electrons. The van der Waals surface area contributed by atoms with E-state index in [9.17, 15) is 8.42 Å². The third-order valence-electron chi connectivity index (χ3n) is 0.421. The summed E-state index contributed by atoms with van der Waals surface area (Å²) in [6, 6.07) is 0. The van der Waals surface area contributed by atoms with Gasteiger partial charge in [0.15, 0.2) is 0 Å². The topological polar surface area (TPSA) is 83.8 Å². The fraction of sp³-hybridized carbons (Fsp3) is 0.667. The predicted octanol–water partition coefficient (Wildman–Crippen LogP) is -0.867. The largest absolute Gasteiger partial charge is 0.384 e. The molecule has 0 spiro atoms. The summed E-state index contributed by atoms with van der Waals surface area (Å²) in [7, 11) is -2.11. The van der Waals surface area contributed by atoms with Gasteiger partial charge in [0.2, 0.25) is 0 Å². The molecular formula is C6H12O5S. The van der Waals surface area contributed by atoms with Gasteiger partial charge in [0.1, 0.15) is 13.2 Å². The van der Waals surface area contributed by atoms with Crippen molar-refractivity contribution in [2.24, 2.45) is 0 Å². The van der Waals surface area contributed by atoms with E-state index in [1.807, 2.05) is 0 Å². The van der Waals surface area contributed by atoms with Gasteiger partial charge in [-0.05, 0) is 0 Å². The molecule has 0 aromatic rings. The van der Waals surface area contributed by atoms with E-state index in [-0.39, 0.29) is 6.61 Å². The minimum absolute atomic E-state index is 0.0800. The molecule has 0 aliphatic heterocycles. The average Bonchev–Trinajstić information content (AvgIpc) is 1.85. The molecule has 0 saturated carbocycles. The summed E-state index contributed by atoms with van der Waals surface area (Å²) in [5.41, 5.74) is 0. The lowest BCUT2D eigenvalue weighted by molar-refractivity contribution is 0.239.